The Bertz CT molecular complexity index is 934. The zero-order valence-electron chi connectivity index (χ0n) is 16.4. The Kier molecular flexibility index (Phi) is 5.76. The molecular formula is C20H22N4O5. The molecule has 9 nitrogen and oxygen atoms in total. The van der Waals surface area contributed by atoms with Crippen LogP contribution in [-0.2, 0) is 9.59 Å². The molecule has 0 saturated heterocycles. The summed E-state index contributed by atoms with van der Waals surface area (Å²) < 4.78 is 5.49. The lowest BCUT2D eigenvalue weighted by atomic mass is 10.0. The third kappa shape index (κ3) is 4.34. The van der Waals surface area contributed by atoms with E-state index in [-0.39, 0.29) is 30.0 Å². The minimum Gasteiger partial charge on any atom is -0.467 e. The van der Waals surface area contributed by atoms with E-state index in [1.165, 1.54) is 28.3 Å². The fourth-order valence-corrected chi connectivity index (χ4v) is 3.19. The van der Waals surface area contributed by atoms with E-state index in [0.29, 0.717) is 23.5 Å². The number of furan rings is 1. The summed E-state index contributed by atoms with van der Waals surface area (Å²) in [6, 6.07) is 9.08. The third-order valence-corrected chi connectivity index (χ3v) is 4.69. The maximum Gasteiger partial charge on any atom is 0.269 e. The molecular weight excluding hydrogens is 376 g/mol. The highest BCUT2D eigenvalue weighted by Crippen LogP contribution is 2.33. The topological polar surface area (TPSA) is 109 Å². The van der Waals surface area contributed by atoms with Crippen LogP contribution in [0.15, 0.2) is 52.2 Å². The van der Waals surface area contributed by atoms with Crippen molar-refractivity contribution in [2.45, 2.75) is 26.3 Å². The van der Waals surface area contributed by atoms with Gasteiger partial charge in [-0.3, -0.25) is 19.7 Å². The van der Waals surface area contributed by atoms with Gasteiger partial charge in [0.25, 0.3) is 11.6 Å². The van der Waals surface area contributed by atoms with E-state index in [9.17, 15) is 19.7 Å². The van der Waals surface area contributed by atoms with Crippen LogP contribution in [-0.4, -0.2) is 46.0 Å². The van der Waals surface area contributed by atoms with Crippen LogP contribution in [0.2, 0.25) is 0 Å². The monoisotopic (exact) mass is 398 g/mol. The lowest BCUT2D eigenvalue weighted by Crippen LogP contribution is -2.40. The van der Waals surface area contributed by atoms with Crippen LogP contribution in [0.4, 0.5) is 5.69 Å². The van der Waals surface area contributed by atoms with Crippen LogP contribution < -0.4 is 0 Å². The Morgan fingerprint density at radius 1 is 1.31 bits per heavy atom. The van der Waals surface area contributed by atoms with Crippen molar-refractivity contribution >= 4 is 23.2 Å². The van der Waals surface area contributed by atoms with E-state index < -0.39 is 11.0 Å². The van der Waals surface area contributed by atoms with Gasteiger partial charge in [0.2, 0.25) is 5.91 Å². The molecule has 2 amide bonds. The number of hydrazone groups is 1. The summed E-state index contributed by atoms with van der Waals surface area (Å²) in [7, 11) is 1.58. The Morgan fingerprint density at radius 3 is 2.55 bits per heavy atom. The quantitative estimate of drug-likeness (QED) is 0.549. The molecule has 0 spiro atoms. The first-order chi connectivity index (χ1) is 13.8. The van der Waals surface area contributed by atoms with Crippen LogP contribution >= 0.6 is 0 Å². The SMILES string of the molecule is CC(C)C(=O)N(C)CC(=O)N1N=C(c2ccc([N+](=O)[O-])cc2)C[C@@H]1c1ccco1. The minimum atomic E-state index is -0.469. The molecule has 1 aliphatic heterocycles. The smallest absolute Gasteiger partial charge is 0.269 e. The van der Waals surface area contributed by atoms with E-state index >= 15 is 0 Å². The number of carbonyl (C=O) groups excluding carboxylic acids is 2. The van der Waals surface area contributed by atoms with E-state index in [0.717, 1.165) is 0 Å². The highest BCUT2D eigenvalue weighted by atomic mass is 16.6. The molecule has 0 unspecified atom stereocenters. The molecule has 0 bridgehead atoms. The molecule has 1 aliphatic rings. The first-order valence-corrected chi connectivity index (χ1v) is 9.20. The molecule has 1 aromatic carbocycles. The van der Waals surface area contributed by atoms with E-state index in [2.05, 4.69) is 5.10 Å². The highest BCUT2D eigenvalue weighted by Gasteiger charge is 2.35. The van der Waals surface area contributed by atoms with Gasteiger partial charge in [-0.05, 0) is 29.8 Å². The third-order valence-electron chi connectivity index (χ3n) is 4.69. The zero-order valence-corrected chi connectivity index (χ0v) is 16.4. The molecule has 3 rings (SSSR count). The van der Waals surface area contributed by atoms with Crippen LogP contribution in [0.1, 0.15) is 37.6 Å². The van der Waals surface area contributed by atoms with Gasteiger partial charge in [0.1, 0.15) is 18.3 Å². The summed E-state index contributed by atoms with van der Waals surface area (Å²) in [6.07, 6.45) is 1.93. The molecule has 0 fully saturated rings. The maximum atomic E-state index is 12.9. The number of hydrogen-bond donors (Lipinski definition) is 0. The summed E-state index contributed by atoms with van der Waals surface area (Å²) in [4.78, 5) is 36.8. The minimum absolute atomic E-state index is 0.0170. The molecule has 0 saturated carbocycles. The van der Waals surface area contributed by atoms with Crippen LogP contribution in [0, 0.1) is 16.0 Å². The van der Waals surface area contributed by atoms with Crippen molar-refractivity contribution in [3.8, 4) is 0 Å². The molecule has 1 aromatic heterocycles. The highest BCUT2D eigenvalue weighted by molar-refractivity contribution is 6.03. The van der Waals surface area contributed by atoms with Gasteiger partial charge in [-0.1, -0.05) is 13.8 Å². The number of non-ortho nitro benzene ring substituents is 1. The molecule has 2 aromatic rings. The summed E-state index contributed by atoms with van der Waals surface area (Å²) >= 11 is 0. The molecule has 0 radical (unpaired) electrons. The summed E-state index contributed by atoms with van der Waals surface area (Å²) in [5, 5.41) is 16.7. The van der Waals surface area contributed by atoms with Gasteiger partial charge in [0.05, 0.1) is 16.9 Å². The number of carbonyl (C=O) groups is 2. The largest absolute Gasteiger partial charge is 0.467 e. The van der Waals surface area contributed by atoms with Crippen LogP contribution in [0.5, 0.6) is 0 Å². The van der Waals surface area contributed by atoms with E-state index in [1.54, 1.807) is 45.2 Å². The summed E-state index contributed by atoms with van der Waals surface area (Å²) in [5.41, 5.74) is 1.29. The number of nitro groups is 1. The maximum absolute atomic E-state index is 12.9. The van der Waals surface area contributed by atoms with Crippen molar-refractivity contribution in [3.63, 3.8) is 0 Å². The van der Waals surface area contributed by atoms with Gasteiger partial charge < -0.3 is 9.32 Å². The average molecular weight is 398 g/mol. The standard InChI is InChI=1S/C20H22N4O5/c1-13(2)20(26)22(3)12-19(25)23-17(18-5-4-10-29-18)11-16(21-23)14-6-8-15(9-7-14)24(27)28/h4-10,13,17H,11-12H2,1-3H3/t17-/m1/s1. The average Bonchev–Trinajstić information content (AvgIpc) is 3.36. The number of likely N-dealkylation sites (N-methyl/N-ethyl adjacent to an activating group) is 1. The van der Waals surface area contributed by atoms with Gasteiger partial charge in [0.15, 0.2) is 0 Å². The van der Waals surface area contributed by atoms with Crippen molar-refractivity contribution in [1.29, 1.82) is 0 Å². The van der Waals surface area contributed by atoms with Crippen molar-refractivity contribution < 1.29 is 18.9 Å². The Morgan fingerprint density at radius 2 is 2.00 bits per heavy atom. The van der Waals surface area contributed by atoms with Gasteiger partial charge in [-0.15, -0.1) is 0 Å². The first-order valence-electron chi connectivity index (χ1n) is 9.20. The Labute approximate surface area is 167 Å². The number of benzene rings is 1. The van der Waals surface area contributed by atoms with E-state index in [4.69, 9.17) is 4.42 Å². The number of rotatable bonds is 6. The second kappa shape index (κ2) is 8.26. The number of nitro benzene ring substituents is 1. The van der Waals surface area contributed by atoms with Crippen molar-refractivity contribution in [2.75, 3.05) is 13.6 Å². The molecule has 152 valence electrons. The van der Waals surface area contributed by atoms with Gasteiger partial charge in [-0.2, -0.15) is 5.10 Å². The predicted octanol–water partition coefficient (Wildman–Crippen LogP) is 2.98. The molecule has 9 heteroatoms. The molecule has 0 N–H and O–H groups in total. The zero-order chi connectivity index (χ0) is 21.1. The van der Waals surface area contributed by atoms with Gasteiger partial charge in [-0.25, -0.2) is 5.01 Å². The van der Waals surface area contributed by atoms with Crippen LogP contribution in [0.25, 0.3) is 0 Å². The molecule has 0 aliphatic carbocycles. The van der Waals surface area contributed by atoms with Gasteiger partial charge >= 0.3 is 0 Å². The van der Waals surface area contributed by atoms with Gasteiger partial charge in [0, 0.05) is 31.5 Å². The number of hydrogen-bond acceptors (Lipinski definition) is 6. The normalized spacial score (nSPS) is 16.1. The molecule has 29 heavy (non-hydrogen) atoms. The van der Waals surface area contributed by atoms with Crippen molar-refractivity contribution in [1.82, 2.24) is 9.91 Å². The molecule has 2 heterocycles. The van der Waals surface area contributed by atoms with E-state index in [1.807, 2.05) is 0 Å². The number of amides is 2. The Hall–Kier alpha value is -3.49. The lowest BCUT2D eigenvalue weighted by Gasteiger charge is -2.24. The predicted molar refractivity (Wildman–Crippen MR) is 105 cm³/mol. The Balaban J connectivity index is 1.85. The van der Waals surface area contributed by atoms with Crippen LogP contribution in [0.3, 0.4) is 0 Å². The fraction of sp³-hybridized carbons (Fsp3) is 0.350. The fourth-order valence-electron chi connectivity index (χ4n) is 3.19. The number of nitrogens with zero attached hydrogens (tertiary/aromatic N) is 4. The van der Waals surface area contributed by atoms with Crippen molar-refractivity contribution in [2.24, 2.45) is 11.0 Å². The molecule has 1 atom stereocenters. The summed E-state index contributed by atoms with van der Waals surface area (Å²) in [6.45, 7) is 3.44. The second-order valence-electron chi connectivity index (χ2n) is 7.17. The lowest BCUT2D eigenvalue weighted by molar-refractivity contribution is -0.384. The second-order valence-corrected chi connectivity index (χ2v) is 7.17. The first kappa shape index (κ1) is 20.2. The van der Waals surface area contributed by atoms with Crippen molar-refractivity contribution in [3.05, 3.63) is 64.1 Å². The summed E-state index contributed by atoms with van der Waals surface area (Å²) in [5.74, 6) is -0.102.